The molecule has 0 spiro atoms. The van der Waals surface area contributed by atoms with Gasteiger partial charge in [0.2, 0.25) is 0 Å². The first kappa shape index (κ1) is 14.5. The Morgan fingerprint density at radius 1 is 1.21 bits per heavy atom. The van der Waals surface area contributed by atoms with E-state index in [1.54, 1.807) is 0 Å². The van der Waals surface area contributed by atoms with Crippen LogP contribution in [-0.2, 0) is 6.42 Å². The van der Waals surface area contributed by atoms with Crippen LogP contribution in [0.5, 0.6) is 0 Å². The standard InChI is InChI=1S/C17H28N2/c1-3-19-13-11-17(12-14-19)18-15(2)9-10-16-7-5-4-6-8-16/h4-8,15,17-18H,3,9-14H2,1-2H3. The van der Waals surface area contributed by atoms with Crippen molar-refractivity contribution in [2.75, 3.05) is 19.6 Å². The molecular formula is C17H28N2. The lowest BCUT2D eigenvalue weighted by atomic mass is 10.0. The highest BCUT2D eigenvalue weighted by atomic mass is 15.1. The van der Waals surface area contributed by atoms with Gasteiger partial charge in [-0.15, -0.1) is 0 Å². The first-order chi connectivity index (χ1) is 9.28. The molecule has 106 valence electrons. The van der Waals surface area contributed by atoms with Crippen LogP contribution in [0, 0.1) is 0 Å². The van der Waals surface area contributed by atoms with Gasteiger partial charge in [0.25, 0.3) is 0 Å². The Bertz CT molecular complexity index is 342. The van der Waals surface area contributed by atoms with E-state index in [1.165, 1.54) is 50.9 Å². The molecule has 0 aliphatic carbocycles. The zero-order valence-corrected chi connectivity index (χ0v) is 12.4. The summed E-state index contributed by atoms with van der Waals surface area (Å²) in [6, 6.07) is 12.2. The van der Waals surface area contributed by atoms with Crippen molar-refractivity contribution in [3.8, 4) is 0 Å². The number of piperidine rings is 1. The van der Waals surface area contributed by atoms with Crippen molar-refractivity contribution in [2.45, 2.75) is 51.6 Å². The van der Waals surface area contributed by atoms with E-state index in [1.807, 2.05) is 0 Å². The Morgan fingerprint density at radius 2 is 1.89 bits per heavy atom. The Balaban J connectivity index is 1.66. The summed E-state index contributed by atoms with van der Waals surface area (Å²) < 4.78 is 0. The maximum absolute atomic E-state index is 3.81. The topological polar surface area (TPSA) is 15.3 Å². The first-order valence-corrected chi connectivity index (χ1v) is 7.80. The monoisotopic (exact) mass is 260 g/mol. The first-order valence-electron chi connectivity index (χ1n) is 7.80. The Morgan fingerprint density at radius 3 is 2.53 bits per heavy atom. The summed E-state index contributed by atoms with van der Waals surface area (Å²) >= 11 is 0. The zero-order valence-electron chi connectivity index (χ0n) is 12.4. The second kappa shape index (κ2) is 7.66. The number of benzene rings is 1. The summed E-state index contributed by atoms with van der Waals surface area (Å²) in [6.07, 6.45) is 5.04. The number of rotatable bonds is 6. The van der Waals surface area contributed by atoms with Crippen LogP contribution in [0.25, 0.3) is 0 Å². The molecule has 1 aliphatic rings. The zero-order chi connectivity index (χ0) is 13.5. The lowest BCUT2D eigenvalue weighted by Crippen LogP contribution is -2.45. The normalized spacial score (nSPS) is 19.5. The largest absolute Gasteiger partial charge is 0.311 e. The molecule has 1 saturated heterocycles. The van der Waals surface area contributed by atoms with Crippen molar-refractivity contribution in [3.05, 3.63) is 35.9 Å². The predicted molar refractivity (Wildman–Crippen MR) is 82.5 cm³/mol. The molecule has 2 rings (SSSR count). The molecule has 1 N–H and O–H groups in total. The smallest absolute Gasteiger partial charge is 0.00938 e. The molecule has 1 heterocycles. The molecule has 19 heavy (non-hydrogen) atoms. The van der Waals surface area contributed by atoms with Crippen molar-refractivity contribution < 1.29 is 0 Å². The highest BCUT2D eigenvalue weighted by molar-refractivity contribution is 5.14. The van der Waals surface area contributed by atoms with E-state index in [-0.39, 0.29) is 0 Å². The molecule has 1 atom stereocenters. The number of nitrogens with zero attached hydrogens (tertiary/aromatic N) is 1. The van der Waals surface area contributed by atoms with Gasteiger partial charge in [0.1, 0.15) is 0 Å². The molecule has 0 bridgehead atoms. The fourth-order valence-electron chi connectivity index (χ4n) is 2.93. The van der Waals surface area contributed by atoms with Crippen molar-refractivity contribution in [1.29, 1.82) is 0 Å². The summed E-state index contributed by atoms with van der Waals surface area (Å²) in [4.78, 5) is 2.55. The van der Waals surface area contributed by atoms with Crippen LogP contribution in [0.15, 0.2) is 30.3 Å². The van der Waals surface area contributed by atoms with Crippen LogP contribution in [0.2, 0.25) is 0 Å². The van der Waals surface area contributed by atoms with E-state index in [0.29, 0.717) is 6.04 Å². The molecule has 0 saturated carbocycles. The van der Waals surface area contributed by atoms with Crippen molar-refractivity contribution in [2.24, 2.45) is 0 Å². The average Bonchev–Trinajstić information content (AvgIpc) is 2.47. The summed E-state index contributed by atoms with van der Waals surface area (Å²) in [5, 5.41) is 3.81. The van der Waals surface area contributed by atoms with E-state index in [4.69, 9.17) is 0 Å². The molecule has 0 radical (unpaired) electrons. The van der Waals surface area contributed by atoms with E-state index in [9.17, 15) is 0 Å². The van der Waals surface area contributed by atoms with E-state index < -0.39 is 0 Å². The quantitative estimate of drug-likeness (QED) is 0.845. The number of aryl methyl sites for hydroxylation is 1. The minimum absolute atomic E-state index is 0.624. The third kappa shape index (κ3) is 4.96. The second-order valence-corrected chi connectivity index (χ2v) is 5.80. The van der Waals surface area contributed by atoms with E-state index in [0.717, 1.165) is 6.04 Å². The van der Waals surface area contributed by atoms with Crippen LogP contribution in [-0.4, -0.2) is 36.6 Å². The molecule has 0 amide bonds. The lowest BCUT2D eigenvalue weighted by Gasteiger charge is -2.33. The van der Waals surface area contributed by atoms with Gasteiger partial charge in [0.05, 0.1) is 0 Å². The minimum atomic E-state index is 0.624. The summed E-state index contributed by atoms with van der Waals surface area (Å²) in [6.45, 7) is 8.32. The molecular weight excluding hydrogens is 232 g/mol. The second-order valence-electron chi connectivity index (χ2n) is 5.80. The highest BCUT2D eigenvalue weighted by Gasteiger charge is 2.18. The van der Waals surface area contributed by atoms with Gasteiger partial charge in [-0.05, 0) is 57.8 Å². The maximum Gasteiger partial charge on any atom is 0.00938 e. The van der Waals surface area contributed by atoms with Gasteiger partial charge in [0.15, 0.2) is 0 Å². The van der Waals surface area contributed by atoms with Crippen molar-refractivity contribution in [3.63, 3.8) is 0 Å². The molecule has 1 aromatic rings. The molecule has 2 nitrogen and oxygen atoms in total. The van der Waals surface area contributed by atoms with Crippen LogP contribution < -0.4 is 5.32 Å². The lowest BCUT2D eigenvalue weighted by molar-refractivity contribution is 0.199. The summed E-state index contributed by atoms with van der Waals surface area (Å²) in [5.41, 5.74) is 1.46. The van der Waals surface area contributed by atoms with E-state index >= 15 is 0 Å². The van der Waals surface area contributed by atoms with Crippen molar-refractivity contribution >= 4 is 0 Å². The fourth-order valence-corrected chi connectivity index (χ4v) is 2.93. The Labute approximate surface area is 118 Å². The molecule has 0 aromatic heterocycles. The van der Waals surface area contributed by atoms with E-state index in [2.05, 4.69) is 54.4 Å². The van der Waals surface area contributed by atoms with Gasteiger partial charge in [0, 0.05) is 12.1 Å². The Hall–Kier alpha value is -0.860. The number of hydrogen-bond acceptors (Lipinski definition) is 2. The third-order valence-corrected chi connectivity index (χ3v) is 4.26. The van der Waals surface area contributed by atoms with Gasteiger partial charge in [-0.25, -0.2) is 0 Å². The van der Waals surface area contributed by atoms with Crippen LogP contribution in [0.1, 0.15) is 38.7 Å². The van der Waals surface area contributed by atoms with Gasteiger partial charge >= 0.3 is 0 Å². The molecule has 1 aliphatic heterocycles. The van der Waals surface area contributed by atoms with Crippen molar-refractivity contribution in [1.82, 2.24) is 10.2 Å². The van der Waals surface area contributed by atoms with Gasteiger partial charge < -0.3 is 10.2 Å². The van der Waals surface area contributed by atoms with Crippen LogP contribution in [0.4, 0.5) is 0 Å². The highest BCUT2D eigenvalue weighted by Crippen LogP contribution is 2.12. The third-order valence-electron chi connectivity index (χ3n) is 4.26. The van der Waals surface area contributed by atoms with Crippen LogP contribution >= 0.6 is 0 Å². The number of likely N-dealkylation sites (tertiary alicyclic amines) is 1. The van der Waals surface area contributed by atoms with Crippen LogP contribution in [0.3, 0.4) is 0 Å². The molecule has 1 fully saturated rings. The summed E-state index contributed by atoms with van der Waals surface area (Å²) in [5.74, 6) is 0. The van der Waals surface area contributed by atoms with Gasteiger partial charge in [-0.2, -0.15) is 0 Å². The SMILES string of the molecule is CCN1CCC(NC(C)CCc2ccccc2)CC1. The molecule has 1 aromatic carbocycles. The minimum Gasteiger partial charge on any atom is -0.311 e. The maximum atomic E-state index is 3.81. The molecule has 2 heteroatoms. The predicted octanol–water partition coefficient (Wildman–Crippen LogP) is 3.08. The average molecular weight is 260 g/mol. The Kier molecular flexibility index (Phi) is 5.87. The fraction of sp³-hybridized carbons (Fsp3) is 0.647. The number of hydrogen-bond donors (Lipinski definition) is 1. The summed E-state index contributed by atoms with van der Waals surface area (Å²) in [7, 11) is 0. The van der Waals surface area contributed by atoms with Gasteiger partial charge in [-0.3, -0.25) is 0 Å². The van der Waals surface area contributed by atoms with Gasteiger partial charge in [-0.1, -0.05) is 37.3 Å². The number of nitrogens with one attached hydrogen (secondary N) is 1. The molecule has 1 unspecified atom stereocenters.